The molecule has 0 rings (SSSR count). The van der Waals surface area contributed by atoms with Crippen LogP contribution in [-0.2, 0) is 28.7 Å². The summed E-state index contributed by atoms with van der Waals surface area (Å²) in [6, 6.07) is 0. The van der Waals surface area contributed by atoms with Gasteiger partial charge in [0, 0.05) is 24.3 Å². The van der Waals surface area contributed by atoms with Crippen LogP contribution in [0.3, 0.4) is 0 Å². The number of rotatable bonds is 4. The zero-order valence-corrected chi connectivity index (χ0v) is 8.56. The molecule has 11 heteroatoms. The van der Waals surface area contributed by atoms with Gasteiger partial charge in [0.2, 0.25) is 0 Å². The molecular formula is C9H8Na2O9. The van der Waals surface area contributed by atoms with Gasteiger partial charge in [-0.1, -0.05) is 0 Å². The minimum atomic E-state index is -1.71. The van der Waals surface area contributed by atoms with Crippen LogP contribution >= 0.6 is 0 Å². The molecule has 100 valence electrons. The zero-order valence-electron chi connectivity index (χ0n) is 8.56. The average molecular weight is 306 g/mol. The summed E-state index contributed by atoms with van der Waals surface area (Å²) < 4.78 is 7.65. The van der Waals surface area contributed by atoms with Crippen molar-refractivity contribution in [3.05, 3.63) is 24.3 Å². The van der Waals surface area contributed by atoms with E-state index in [0.717, 1.165) is 0 Å². The molecule has 0 radical (unpaired) electrons. The molecule has 0 saturated carbocycles. The first-order chi connectivity index (χ1) is 8.31. The summed E-state index contributed by atoms with van der Waals surface area (Å²) in [6.45, 7) is 0. The quantitative estimate of drug-likeness (QED) is 0.265. The first kappa shape index (κ1) is 24.1. The molecule has 0 spiro atoms. The molecule has 0 aromatic heterocycles. The Balaban J connectivity index is -0.00000144. The van der Waals surface area contributed by atoms with Crippen molar-refractivity contribution in [3.63, 3.8) is 0 Å². The monoisotopic (exact) mass is 306 g/mol. The first-order valence-electron chi connectivity index (χ1n) is 4.11. The second kappa shape index (κ2) is 13.0. The number of carboxylic acid groups (broad SMARTS) is 2. The van der Waals surface area contributed by atoms with Crippen LogP contribution in [0.15, 0.2) is 24.3 Å². The standard InChI is InChI=1S/C9H6O9.2Na.2H/c10-5(11)1-3-7(14)17-9(16)18-8(15)4-2-6(12)13;;;;/h1-4H,(H,10,11)(H,12,13);;;;/b3-1-,4-2-;;;;. The average Bonchev–Trinajstić information content (AvgIpc) is 2.23. The zero-order chi connectivity index (χ0) is 14.1. The molecule has 0 aliphatic carbocycles. The molecule has 0 unspecified atom stereocenters. The van der Waals surface area contributed by atoms with Gasteiger partial charge >= 0.3 is 89.1 Å². The van der Waals surface area contributed by atoms with Crippen LogP contribution in [0.25, 0.3) is 0 Å². The number of ether oxygens (including phenoxy) is 2. The van der Waals surface area contributed by atoms with Gasteiger partial charge in [0.05, 0.1) is 0 Å². The van der Waals surface area contributed by atoms with E-state index >= 15 is 0 Å². The van der Waals surface area contributed by atoms with Crippen LogP contribution < -0.4 is 0 Å². The molecule has 0 heterocycles. The molecule has 0 aromatic carbocycles. The van der Waals surface area contributed by atoms with Crippen molar-refractivity contribution in [1.29, 1.82) is 0 Å². The number of hydrogen-bond acceptors (Lipinski definition) is 7. The summed E-state index contributed by atoms with van der Waals surface area (Å²) in [6.07, 6.45) is -0.0682. The molecule has 0 bridgehead atoms. The van der Waals surface area contributed by atoms with Crippen molar-refractivity contribution >= 4 is 89.1 Å². The Morgan fingerprint density at radius 1 is 0.650 bits per heavy atom. The van der Waals surface area contributed by atoms with Crippen molar-refractivity contribution in [2.24, 2.45) is 0 Å². The Kier molecular flexibility index (Phi) is 15.7. The van der Waals surface area contributed by atoms with Gasteiger partial charge in [-0.15, -0.1) is 0 Å². The topological polar surface area (TPSA) is 144 Å². The molecule has 2 N–H and O–H groups in total. The Bertz CT molecular complexity index is 412. The van der Waals surface area contributed by atoms with Crippen LogP contribution in [0.4, 0.5) is 4.79 Å². The van der Waals surface area contributed by atoms with E-state index in [2.05, 4.69) is 9.47 Å². The third-order valence-electron chi connectivity index (χ3n) is 1.09. The summed E-state index contributed by atoms with van der Waals surface area (Å²) in [5.74, 6) is -5.61. The maximum absolute atomic E-state index is 10.7. The van der Waals surface area contributed by atoms with Gasteiger partial charge in [-0.3, -0.25) is 0 Å². The normalized spacial score (nSPS) is 9.20. The number of hydrogen-bond donors (Lipinski definition) is 2. The third kappa shape index (κ3) is 15.1. The van der Waals surface area contributed by atoms with E-state index in [0.29, 0.717) is 24.3 Å². The van der Waals surface area contributed by atoms with Gasteiger partial charge in [-0.05, 0) is 0 Å². The molecule has 0 atom stereocenters. The molecule has 0 fully saturated rings. The van der Waals surface area contributed by atoms with E-state index < -0.39 is 30.0 Å². The second-order valence-corrected chi connectivity index (χ2v) is 2.44. The fraction of sp³-hybridized carbons (Fsp3) is 0. The van der Waals surface area contributed by atoms with E-state index in [1.54, 1.807) is 0 Å². The molecule has 20 heavy (non-hydrogen) atoms. The predicted molar refractivity (Wildman–Crippen MR) is 65.4 cm³/mol. The number of esters is 2. The van der Waals surface area contributed by atoms with Crippen LogP contribution in [0.2, 0.25) is 0 Å². The maximum atomic E-state index is 10.7. The molecule has 0 aliphatic rings. The van der Waals surface area contributed by atoms with Crippen LogP contribution in [0, 0.1) is 0 Å². The van der Waals surface area contributed by atoms with Gasteiger partial charge in [0.25, 0.3) is 0 Å². The molecule has 0 saturated heterocycles. The van der Waals surface area contributed by atoms with Crippen molar-refractivity contribution in [3.8, 4) is 0 Å². The first-order valence-corrected chi connectivity index (χ1v) is 4.11. The van der Waals surface area contributed by atoms with Crippen molar-refractivity contribution in [2.45, 2.75) is 0 Å². The van der Waals surface area contributed by atoms with Gasteiger partial charge in [0.15, 0.2) is 0 Å². The molecule has 0 aliphatic heterocycles. The predicted octanol–water partition coefficient (Wildman–Crippen LogP) is -1.82. The van der Waals surface area contributed by atoms with Gasteiger partial charge < -0.3 is 19.7 Å². The van der Waals surface area contributed by atoms with Gasteiger partial charge in [-0.25, -0.2) is 24.0 Å². The number of carboxylic acids is 2. The van der Waals surface area contributed by atoms with E-state index in [1.807, 2.05) is 0 Å². The molecule has 0 aromatic rings. The van der Waals surface area contributed by atoms with E-state index in [-0.39, 0.29) is 59.1 Å². The number of carbonyl (C=O) groups is 5. The van der Waals surface area contributed by atoms with Crippen molar-refractivity contribution in [2.75, 3.05) is 0 Å². The summed E-state index contributed by atoms with van der Waals surface area (Å²) in [5, 5.41) is 16.3. The Hall–Kier alpha value is -0.970. The fourth-order valence-electron chi connectivity index (χ4n) is 0.532. The molecule has 0 amide bonds. The van der Waals surface area contributed by atoms with E-state index in [1.165, 1.54) is 0 Å². The van der Waals surface area contributed by atoms with Crippen LogP contribution in [-0.4, -0.2) is 99.4 Å². The molecule has 9 nitrogen and oxygen atoms in total. The van der Waals surface area contributed by atoms with E-state index in [4.69, 9.17) is 10.2 Å². The number of carbonyl (C=O) groups excluding carboxylic acids is 3. The second-order valence-electron chi connectivity index (χ2n) is 2.44. The Morgan fingerprint density at radius 3 is 1.20 bits per heavy atom. The summed E-state index contributed by atoms with van der Waals surface area (Å²) >= 11 is 0. The Labute approximate surface area is 156 Å². The number of aliphatic carboxylic acids is 2. The van der Waals surface area contributed by atoms with Gasteiger partial charge in [0.1, 0.15) is 0 Å². The molecular weight excluding hydrogens is 298 g/mol. The third-order valence-corrected chi connectivity index (χ3v) is 1.09. The van der Waals surface area contributed by atoms with Crippen LogP contribution in [0.1, 0.15) is 0 Å². The van der Waals surface area contributed by atoms with E-state index in [9.17, 15) is 24.0 Å². The summed E-state index contributed by atoms with van der Waals surface area (Å²) in [5.41, 5.74) is 0. The Morgan fingerprint density at radius 2 is 0.950 bits per heavy atom. The van der Waals surface area contributed by atoms with Crippen molar-refractivity contribution in [1.82, 2.24) is 0 Å². The minimum absolute atomic E-state index is 0. The fourth-order valence-corrected chi connectivity index (χ4v) is 0.532. The van der Waals surface area contributed by atoms with Crippen molar-refractivity contribution < 1.29 is 43.7 Å². The summed E-state index contributed by atoms with van der Waals surface area (Å²) in [4.78, 5) is 52.1. The SMILES string of the molecule is O=C(O)/C=C\C(=O)OC(=O)OC(=O)/C=C\C(=O)O.[NaH].[NaH]. The summed E-state index contributed by atoms with van der Waals surface area (Å²) in [7, 11) is 0. The van der Waals surface area contributed by atoms with Gasteiger partial charge in [-0.2, -0.15) is 0 Å². The van der Waals surface area contributed by atoms with Crippen LogP contribution in [0.5, 0.6) is 0 Å².